The van der Waals surface area contributed by atoms with Gasteiger partial charge in [-0.1, -0.05) is 0 Å². The van der Waals surface area contributed by atoms with Gasteiger partial charge in [0.2, 0.25) is 5.75 Å². The predicted octanol–water partition coefficient (Wildman–Crippen LogP) is 1.82. The van der Waals surface area contributed by atoms with Crippen LogP contribution in [-0.4, -0.2) is 25.8 Å². The quantitative estimate of drug-likeness (QED) is 0.665. The molecule has 0 unspecified atom stereocenters. The Hall–Kier alpha value is -2.90. The summed E-state index contributed by atoms with van der Waals surface area (Å²) in [5, 5.41) is 23.6. The van der Waals surface area contributed by atoms with Gasteiger partial charge in [0, 0.05) is 19.2 Å². The molecule has 0 saturated carbocycles. The molecule has 1 heterocycles. The number of ether oxygens (including phenoxy) is 1. The number of carboxylic acids is 1. The number of nitro benzene ring substituents is 1. The maximum Gasteiger partial charge on any atom is 0.335 e. The molecule has 98 valence electrons. The van der Waals surface area contributed by atoms with E-state index >= 15 is 0 Å². The van der Waals surface area contributed by atoms with Crippen LogP contribution in [0.1, 0.15) is 10.4 Å². The zero-order valence-electron chi connectivity index (χ0n) is 9.81. The number of aryl methyl sites for hydroxylation is 1. The van der Waals surface area contributed by atoms with Crippen LogP contribution in [0.3, 0.4) is 0 Å². The molecule has 0 spiro atoms. The number of nitrogens with zero attached hydrogens (tertiary/aromatic N) is 3. The van der Waals surface area contributed by atoms with Crippen molar-refractivity contribution in [1.82, 2.24) is 9.78 Å². The molecule has 0 radical (unpaired) electrons. The molecule has 0 aliphatic rings. The maximum absolute atomic E-state index is 10.9. The molecule has 2 rings (SSSR count). The third-order valence-corrected chi connectivity index (χ3v) is 2.31. The summed E-state index contributed by atoms with van der Waals surface area (Å²) in [6.07, 6.45) is 2.88. The molecule has 0 atom stereocenters. The Bertz CT molecular complexity index is 650. The second-order valence-electron chi connectivity index (χ2n) is 3.70. The van der Waals surface area contributed by atoms with Gasteiger partial charge in [-0.15, -0.1) is 0 Å². The lowest BCUT2D eigenvalue weighted by Gasteiger charge is -2.04. The molecule has 1 aromatic carbocycles. The van der Waals surface area contributed by atoms with Crippen molar-refractivity contribution in [2.45, 2.75) is 0 Å². The summed E-state index contributed by atoms with van der Waals surface area (Å²) in [6.45, 7) is 0. The van der Waals surface area contributed by atoms with Crippen molar-refractivity contribution in [3.8, 4) is 11.5 Å². The summed E-state index contributed by atoms with van der Waals surface area (Å²) in [5.41, 5.74) is -0.404. The Kier molecular flexibility index (Phi) is 3.15. The summed E-state index contributed by atoms with van der Waals surface area (Å²) in [6, 6.07) is 3.35. The Labute approximate surface area is 107 Å². The number of carboxylic acid groups (broad SMARTS) is 1. The number of hydrogen-bond donors (Lipinski definition) is 1. The Morgan fingerprint density at radius 1 is 1.53 bits per heavy atom. The number of hydrogen-bond acceptors (Lipinski definition) is 5. The molecule has 0 aliphatic heterocycles. The third-order valence-electron chi connectivity index (χ3n) is 2.31. The summed E-state index contributed by atoms with van der Waals surface area (Å²) in [5.74, 6) is -1.04. The van der Waals surface area contributed by atoms with Crippen LogP contribution in [0, 0.1) is 10.1 Å². The van der Waals surface area contributed by atoms with Gasteiger partial charge in [-0.25, -0.2) is 4.79 Å². The largest absolute Gasteiger partial charge is 0.478 e. The minimum absolute atomic E-state index is 0.0931. The van der Waals surface area contributed by atoms with E-state index in [2.05, 4.69) is 5.10 Å². The summed E-state index contributed by atoms with van der Waals surface area (Å²) >= 11 is 0. The van der Waals surface area contributed by atoms with Crippen molar-refractivity contribution in [2.75, 3.05) is 0 Å². The number of aromatic nitrogens is 2. The lowest BCUT2D eigenvalue weighted by atomic mass is 10.2. The second kappa shape index (κ2) is 4.77. The Morgan fingerprint density at radius 3 is 2.79 bits per heavy atom. The molecule has 0 saturated heterocycles. The van der Waals surface area contributed by atoms with Gasteiger partial charge in [0.25, 0.3) is 0 Å². The monoisotopic (exact) mass is 263 g/mol. The van der Waals surface area contributed by atoms with Crippen molar-refractivity contribution in [2.24, 2.45) is 7.05 Å². The fourth-order valence-electron chi connectivity index (χ4n) is 1.46. The normalized spacial score (nSPS) is 10.2. The summed E-state index contributed by atoms with van der Waals surface area (Å²) in [4.78, 5) is 21.1. The molecule has 1 N–H and O–H groups in total. The van der Waals surface area contributed by atoms with Crippen LogP contribution in [0.25, 0.3) is 0 Å². The van der Waals surface area contributed by atoms with Crippen molar-refractivity contribution >= 4 is 11.7 Å². The predicted molar refractivity (Wildman–Crippen MR) is 63.3 cm³/mol. The standard InChI is InChI=1S/C11H9N3O5/c1-13-6-8(5-12-13)19-10-4-7(11(15)16)2-3-9(10)14(17)18/h2-6H,1H3,(H,15,16). The van der Waals surface area contributed by atoms with Crippen LogP contribution in [0.2, 0.25) is 0 Å². The Balaban J connectivity index is 2.42. The van der Waals surface area contributed by atoms with E-state index in [0.29, 0.717) is 0 Å². The average Bonchev–Trinajstić information content (AvgIpc) is 2.74. The van der Waals surface area contributed by atoms with Gasteiger partial charge in [0.1, 0.15) is 0 Å². The number of benzene rings is 1. The first-order valence-electron chi connectivity index (χ1n) is 5.15. The minimum Gasteiger partial charge on any atom is -0.478 e. The minimum atomic E-state index is -1.19. The van der Waals surface area contributed by atoms with Gasteiger partial charge in [0.05, 0.1) is 22.9 Å². The zero-order valence-corrected chi connectivity index (χ0v) is 9.81. The van der Waals surface area contributed by atoms with Gasteiger partial charge in [-0.2, -0.15) is 5.10 Å². The molecular formula is C11H9N3O5. The molecule has 2 aromatic rings. The molecule has 0 fully saturated rings. The molecular weight excluding hydrogens is 254 g/mol. The fraction of sp³-hybridized carbons (Fsp3) is 0.0909. The molecule has 0 amide bonds. The first kappa shape index (κ1) is 12.6. The van der Waals surface area contributed by atoms with Gasteiger partial charge >= 0.3 is 11.7 Å². The summed E-state index contributed by atoms with van der Waals surface area (Å²) < 4.78 is 6.75. The number of carbonyl (C=O) groups is 1. The highest BCUT2D eigenvalue weighted by Crippen LogP contribution is 2.32. The van der Waals surface area contributed by atoms with Crippen molar-refractivity contribution in [3.63, 3.8) is 0 Å². The molecule has 0 bridgehead atoms. The first-order chi connectivity index (χ1) is 8.97. The van der Waals surface area contributed by atoms with E-state index in [-0.39, 0.29) is 22.7 Å². The van der Waals surface area contributed by atoms with Crippen molar-refractivity contribution < 1.29 is 19.6 Å². The lowest BCUT2D eigenvalue weighted by molar-refractivity contribution is -0.385. The van der Waals surface area contributed by atoms with E-state index in [1.807, 2.05) is 0 Å². The van der Waals surface area contributed by atoms with Gasteiger partial charge < -0.3 is 9.84 Å². The smallest absolute Gasteiger partial charge is 0.335 e. The van der Waals surface area contributed by atoms with Gasteiger partial charge in [-0.05, 0) is 6.07 Å². The molecule has 0 aliphatic carbocycles. The Morgan fingerprint density at radius 2 is 2.26 bits per heavy atom. The lowest BCUT2D eigenvalue weighted by Crippen LogP contribution is -1.99. The van der Waals surface area contributed by atoms with Gasteiger partial charge in [-0.3, -0.25) is 14.8 Å². The van der Waals surface area contributed by atoms with Gasteiger partial charge in [0.15, 0.2) is 5.75 Å². The van der Waals surface area contributed by atoms with Crippen LogP contribution in [0.5, 0.6) is 11.5 Å². The van der Waals surface area contributed by atoms with E-state index in [9.17, 15) is 14.9 Å². The highest BCUT2D eigenvalue weighted by Gasteiger charge is 2.19. The van der Waals surface area contributed by atoms with E-state index in [1.165, 1.54) is 17.1 Å². The molecule has 1 aromatic heterocycles. The molecule has 19 heavy (non-hydrogen) atoms. The molecule has 8 nitrogen and oxygen atoms in total. The van der Waals surface area contributed by atoms with Crippen LogP contribution >= 0.6 is 0 Å². The highest BCUT2D eigenvalue weighted by molar-refractivity contribution is 5.88. The summed E-state index contributed by atoms with van der Waals surface area (Å²) in [7, 11) is 1.66. The number of nitro groups is 1. The van der Waals surface area contributed by atoms with E-state index in [1.54, 1.807) is 7.05 Å². The van der Waals surface area contributed by atoms with E-state index in [0.717, 1.165) is 18.2 Å². The van der Waals surface area contributed by atoms with Crippen molar-refractivity contribution in [3.05, 3.63) is 46.3 Å². The highest BCUT2D eigenvalue weighted by atomic mass is 16.6. The average molecular weight is 263 g/mol. The van der Waals surface area contributed by atoms with Crippen LogP contribution in [-0.2, 0) is 7.05 Å². The number of aromatic carboxylic acids is 1. The van der Waals surface area contributed by atoms with Crippen LogP contribution in [0.4, 0.5) is 5.69 Å². The number of rotatable bonds is 4. The molecule has 8 heteroatoms. The van der Waals surface area contributed by atoms with Crippen LogP contribution in [0.15, 0.2) is 30.6 Å². The SMILES string of the molecule is Cn1cc(Oc2cc(C(=O)O)ccc2[N+](=O)[O-])cn1. The zero-order chi connectivity index (χ0) is 14.0. The topological polar surface area (TPSA) is 107 Å². The van der Waals surface area contributed by atoms with E-state index in [4.69, 9.17) is 9.84 Å². The first-order valence-corrected chi connectivity index (χ1v) is 5.15. The second-order valence-corrected chi connectivity index (χ2v) is 3.70. The van der Waals surface area contributed by atoms with E-state index < -0.39 is 10.9 Å². The van der Waals surface area contributed by atoms with Crippen LogP contribution < -0.4 is 4.74 Å². The van der Waals surface area contributed by atoms with Crippen molar-refractivity contribution in [1.29, 1.82) is 0 Å². The maximum atomic E-state index is 10.9. The third kappa shape index (κ3) is 2.68. The fourth-order valence-corrected chi connectivity index (χ4v) is 1.46.